The molecule has 0 radical (unpaired) electrons. The van der Waals surface area contributed by atoms with Crippen molar-refractivity contribution >= 4 is 16.6 Å². The Labute approximate surface area is 97.8 Å². The van der Waals surface area contributed by atoms with Crippen molar-refractivity contribution in [3.63, 3.8) is 0 Å². The number of H-pyrrole nitrogens is 1. The monoisotopic (exact) mass is 220 g/mol. The van der Waals surface area contributed by atoms with E-state index in [0.717, 1.165) is 22.3 Å². The molecule has 80 valence electrons. The maximum Gasteiger partial charge on any atom is 0.205 e. The predicted octanol–water partition coefficient (Wildman–Crippen LogP) is 3.18. The maximum absolute atomic E-state index is 6.88. The molecule has 3 aromatic rings. The Kier molecular flexibility index (Phi) is 2.09. The number of aromatic nitrogens is 3. The zero-order valence-electron chi connectivity index (χ0n) is 8.88. The van der Waals surface area contributed by atoms with E-state index in [1.165, 1.54) is 0 Å². The van der Waals surface area contributed by atoms with E-state index in [-0.39, 0.29) is 0 Å². The van der Waals surface area contributed by atoms with E-state index >= 15 is 0 Å². The molecule has 1 N–H and O–H groups in total. The molecule has 1 aromatic carbocycles. The summed E-state index contributed by atoms with van der Waals surface area (Å²) < 4.78 is 0. The Morgan fingerprint density at radius 2 is 2.00 bits per heavy atom. The average molecular weight is 220 g/mol. The minimum absolute atomic E-state index is 0.536. The molecule has 0 aliphatic heterocycles. The third-order valence-electron chi connectivity index (χ3n) is 2.59. The number of fused-ring (bicyclic) bond motifs is 1. The molecule has 0 saturated carbocycles. The lowest BCUT2D eigenvalue weighted by atomic mass is 10.1. The Hall–Kier alpha value is -2.67. The van der Waals surface area contributed by atoms with Gasteiger partial charge in [0.05, 0.1) is 17.8 Å². The summed E-state index contributed by atoms with van der Waals surface area (Å²) in [5.74, 6) is 0. The molecule has 2 heterocycles. The first-order valence-corrected chi connectivity index (χ1v) is 5.15. The highest BCUT2D eigenvalue weighted by molar-refractivity contribution is 5.91. The molecule has 0 atom stereocenters. The minimum atomic E-state index is 0.536. The largest absolute Gasteiger partial charge is 0.277 e. The van der Waals surface area contributed by atoms with Gasteiger partial charge in [-0.15, -0.1) is 0 Å². The molecule has 4 heteroatoms. The fourth-order valence-electron chi connectivity index (χ4n) is 1.75. The standard InChI is InChI=1S/C13H8N4/c1-14-9-6-7-12(15-8-9)13-10-4-2-3-5-11(10)16-17-13/h2-8H,(H,16,17). The van der Waals surface area contributed by atoms with Crippen molar-refractivity contribution in [2.75, 3.05) is 0 Å². The first-order chi connectivity index (χ1) is 8.38. The zero-order chi connectivity index (χ0) is 11.7. The second kappa shape index (κ2) is 3.72. The summed E-state index contributed by atoms with van der Waals surface area (Å²) in [6, 6.07) is 11.5. The number of rotatable bonds is 1. The van der Waals surface area contributed by atoms with Crippen LogP contribution in [0.15, 0.2) is 42.6 Å². The van der Waals surface area contributed by atoms with Crippen molar-refractivity contribution in [2.24, 2.45) is 0 Å². The molecule has 0 spiro atoms. The summed E-state index contributed by atoms with van der Waals surface area (Å²) >= 11 is 0. The lowest BCUT2D eigenvalue weighted by Gasteiger charge is -1.96. The number of aromatic amines is 1. The lowest BCUT2D eigenvalue weighted by Crippen LogP contribution is -1.82. The van der Waals surface area contributed by atoms with E-state index < -0.39 is 0 Å². The predicted molar refractivity (Wildman–Crippen MR) is 65.6 cm³/mol. The molecule has 0 unspecified atom stereocenters. The van der Waals surface area contributed by atoms with Gasteiger partial charge in [0.2, 0.25) is 5.69 Å². The number of hydrogen-bond acceptors (Lipinski definition) is 2. The highest BCUT2D eigenvalue weighted by Gasteiger charge is 2.08. The van der Waals surface area contributed by atoms with Gasteiger partial charge in [0.25, 0.3) is 0 Å². The fraction of sp³-hybridized carbons (Fsp3) is 0. The van der Waals surface area contributed by atoms with Crippen molar-refractivity contribution < 1.29 is 0 Å². The van der Waals surface area contributed by atoms with E-state index in [0.29, 0.717) is 5.69 Å². The van der Waals surface area contributed by atoms with Crippen LogP contribution in [-0.2, 0) is 0 Å². The van der Waals surface area contributed by atoms with Crippen molar-refractivity contribution in [2.45, 2.75) is 0 Å². The summed E-state index contributed by atoms with van der Waals surface area (Å²) in [6.45, 7) is 6.88. The third kappa shape index (κ3) is 1.54. The van der Waals surface area contributed by atoms with Gasteiger partial charge in [0, 0.05) is 11.6 Å². The number of nitrogens with zero attached hydrogens (tertiary/aromatic N) is 3. The van der Waals surface area contributed by atoms with Crippen LogP contribution in [0.2, 0.25) is 0 Å². The third-order valence-corrected chi connectivity index (χ3v) is 2.59. The van der Waals surface area contributed by atoms with Crippen LogP contribution in [0.3, 0.4) is 0 Å². The summed E-state index contributed by atoms with van der Waals surface area (Å²) in [7, 11) is 0. The van der Waals surface area contributed by atoms with Crippen molar-refractivity contribution in [1.82, 2.24) is 15.2 Å². The van der Waals surface area contributed by atoms with E-state index in [9.17, 15) is 0 Å². The number of pyridine rings is 1. The van der Waals surface area contributed by atoms with Gasteiger partial charge in [0.1, 0.15) is 5.69 Å². The van der Waals surface area contributed by atoms with E-state index in [1.807, 2.05) is 30.3 Å². The van der Waals surface area contributed by atoms with Crippen molar-refractivity contribution in [1.29, 1.82) is 0 Å². The van der Waals surface area contributed by atoms with Gasteiger partial charge in [-0.1, -0.05) is 24.3 Å². The van der Waals surface area contributed by atoms with E-state index in [1.54, 1.807) is 12.3 Å². The molecular weight excluding hydrogens is 212 g/mol. The second-order valence-electron chi connectivity index (χ2n) is 3.63. The van der Waals surface area contributed by atoms with Crippen LogP contribution in [0.4, 0.5) is 5.69 Å². The Bertz CT molecular complexity index is 704. The van der Waals surface area contributed by atoms with Gasteiger partial charge < -0.3 is 0 Å². The Balaban J connectivity index is 2.17. The summed E-state index contributed by atoms with van der Waals surface area (Å²) in [5, 5.41) is 8.26. The first kappa shape index (κ1) is 9.55. The molecule has 0 amide bonds. The first-order valence-electron chi connectivity index (χ1n) is 5.15. The van der Waals surface area contributed by atoms with Gasteiger partial charge in [0.15, 0.2) is 0 Å². The number of para-hydroxylation sites is 1. The number of nitrogens with one attached hydrogen (secondary N) is 1. The van der Waals surface area contributed by atoms with Crippen LogP contribution in [-0.4, -0.2) is 15.2 Å². The fourth-order valence-corrected chi connectivity index (χ4v) is 1.75. The molecule has 0 saturated heterocycles. The van der Waals surface area contributed by atoms with Gasteiger partial charge >= 0.3 is 0 Å². The molecule has 0 fully saturated rings. The smallest absolute Gasteiger partial charge is 0.205 e. The second-order valence-corrected chi connectivity index (χ2v) is 3.63. The van der Waals surface area contributed by atoms with Crippen molar-refractivity contribution in [3.05, 3.63) is 54.0 Å². The number of hydrogen-bond donors (Lipinski definition) is 1. The van der Waals surface area contributed by atoms with Gasteiger partial charge in [-0.05, 0) is 12.1 Å². The van der Waals surface area contributed by atoms with Crippen molar-refractivity contribution in [3.8, 4) is 11.4 Å². The van der Waals surface area contributed by atoms with Crippen LogP contribution in [0.25, 0.3) is 27.1 Å². The SMILES string of the molecule is [C-]#[N+]c1ccc(-c2n[nH]c3ccccc23)nc1. The van der Waals surface area contributed by atoms with Gasteiger partial charge in [-0.25, -0.2) is 4.85 Å². The molecular formula is C13H8N4. The molecule has 17 heavy (non-hydrogen) atoms. The van der Waals surface area contributed by atoms with Crippen LogP contribution in [0, 0.1) is 6.57 Å². The van der Waals surface area contributed by atoms with Gasteiger partial charge in [-0.3, -0.25) is 10.1 Å². The van der Waals surface area contributed by atoms with Crippen LogP contribution in [0.5, 0.6) is 0 Å². The molecule has 3 rings (SSSR count). The highest BCUT2D eigenvalue weighted by Crippen LogP contribution is 2.25. The average Bonchev–Trinajstić information content (AvgIpc) is 2.83. The van der Waals surface area contributed by atoms with E-state index in [2.05, 4.69) is 20.0 Å². The summed E-state index contributed by atoms with van der Waals surface area (Å²) in [6.07, 6.45) is 1.56. The normalized spacial score (nSPS) is 10.3. The van der Waals surface area contributed by atoms with E-state index in [4.69, 9.17) is 6.57 Å². The lowest BCUT2D eigenvalue weighted by molar-refractivity contribution is 1.11. The Morgan fingerprint density at radius 1 is 1.12 bits per heavy atom. The summed E-state index contributed by atoms with van der Waals surface area (Å²) in [4.78, 5) is 7.56. The summed E-state index contributed by atoms with van der Waals surface area (Å²) in [5.41, 5.74) is 3.11. The van der Waals surface area contributed by atoms with Gasteiger partial charge in [-0.2, -0.15) is 5.10 Å². The molecule has 0 aliphatic carbocycles. The number of benzene rings is 1. The molecule has 4 nitrogen and oxygen atoms in total. The minimum Gasteiger partial charge on any atom is -0.277 e. The van der Waals surface area contributed by atoms with Crippen LogP contribution < -0.4 is 0 Å². The Morgan fingerprint density at radius 3 is 2.76 bits per heavy atom. The molecule has 0 aliphatic rings. The van der Waals surface area contributed by atoms with Crippen LogP contribution in [0.1, 0.15) is 0 Å². The maximum atomic E-state index is 6.88. The quantitative estimate of drug-likeness (QED) is 0.640. The topological polar surface area (TPSA) is 45.9 Å². The zero-order valence-corrected chi connectivity index (χ0v) is 8.88. The highest BCUT2D eigenvalue weighted by atomic mass is 15.1. The molecule has 2 aromatic heterocycles. The molecule has 0 bridgehead atoms. The van der Waals surface area contributed by atoms with Crippen LogP contribution >= 0.6 is 0 Å².